The van der Waals surface area contributed by atoms with E-state index in [9.17, 15) is 35.6 Å². The summed E-state index contributed by atoms with van der Waals surface area (Å²) >= 11 is 0. The smallest absolute Gasteiger partial charge is 0.416 e. The average molecular weight is 606 g/mol. The van der Waals surface area contributed by atoms with Crippen molar-refractivity contribution in [1.29, 1.82) is 0 Å². The Morgan fingerprint density at radius 2 is 1.81 bits per heavy atom. The van der Waals surface area contributed by atoms with Gasteiger partial charge in [0.15, 0.2) is 0 Å². The van der Waals surface area contributed by atoms with E-state index in [2.05, 4.69) is 5.32 Å². The van der Waals surface area contributed by atoms with Crippen LogP contribution in [0.25, 0.3) is 22.1 Å². The Morgan fingerprint density at radius 3 is 2.48 bits per heavy atom. The van der Waals surface area contributed by atoms with E-state index in [0.29, 0.717) is 12.0 Å². The zero-order valence-corrected chi connectivity index (χ0v) is 23.4. The molecule has 1 fully saturated rings. The van der Waals surface area contributed by atoms with Crippen molar-refractivity contribution in [3.8, 4) is 11.1 Å². The number of hydrogen-bond donors (Lipinski definition) is 1. The lowest BCUT2D eigenvalue weighted by Crippen LogP contribution is -2.45. The van der Waals surface area contributed by atoms with Crippen LogP contribution in [0, 0.1) is 5.82 Å². The van der Waals surface area contributed by atoms with Gasteiger partial charge < -0.3 is 14.3 Å². The molecule has 0 bridgehead atoms. The second-order valence-corrected chi connectivity index (χ2v) is 12.2. The van der Waals surface area contributed by atoms with Gasteiger partial charge in [0.1, 0.15) is 17.4 Å². The first-order valence-electron chi connectivity index (χ1n) is 13.2. The van der Waals surface area contributed by atoms with Crippen LogP contribution in [-0.2, 0) is 27.5 Å². The summed E-state index contributed by atoms with van der Waals surface area (Å²) in [6, 6.07) is 9.29. The molecule has 4 aromatic rings. The molecule has 1 amide bonds. The van der Waals surface area contributed by atoms with Crippen molar-refractivity contribution in [2.24, 2.45) is 0 Å². The summed E-state index contributed by atoms with van der Waals surface area (Å²) in [6.07, 6.45) is -2.27. The Hall–Kier alpha value is -3.97. The Bertz CT molecular complexity index is 1810. The van der Waals surface area contributed by atoms with Gasteiger partial charge in [-0.2, -0.15) is 17.5 Å². The van der Waals surface area contributed by atoms with Crippen molar-refractivity contribution in [3.05, 3.63) is 88.1 Å². The number of amides is 1. The number of nitrogens with zero attached hydrogens (tertiary/aromatic N) is 2. The molecular weight excluding hydrogens is 578 g/mol. The monoisotopic (exact) mass is 605 g/mol. The fraction of sp³-hybridized carbons (Fsp3) is 0.310. The van der Waals surface area contributed by atoms with Gasteiger partial charge in [-0.05, 0) is 74.2 Å². The van der Waals surface area contributed by atoms with Crippen LogP contribution in [0.4, 0.5) is 17.6 Å². The number of carbonyl (C=O) groups excluding carboxylic acids is 1. The van der Waals surface area contributed by atoms with Crippen LogP contribution in [0.1, 0.15) is 43.9 Å². The molecule has 1 N–H and O–H groups in total. The number of alkyl halides is 3. The van der Waals surface area contributed by atoms with Crippen LogP contribution in [0.2, 0.25) is 0 Å². The van der Waals surface area contributed by atoms with E-state index in [1.807, 2.05) is 0 Å². The van der Waals surface area contributed by atoms with Gasteiger partial charge in [0, 0.05) is 42.3 Å². The summed E-state index contributed by atoms with van der Waals surface area (Å²) in [5.74, 6) is -1.10. The lowest BCUT2D eigenvalue weighted by atomic mass is 10.0. The van der Waals surface area contributed by atoms with E-state index < -0.39 is 50.2 Å². The molecule has 3 heterocycles. The number of benzene rings is 2. The number of carbonyl (C=O) groups is 1. The van der Waals surface area contributed by atoms with Gasteiger partial charge in [-0.25, -0.2) is 12.8 Å². The number of hydrogen-bond acceptors (Lipinski definition) is 5. The Labute approximate surface area is 238 Å². The molecule has 42 heavy (non-hydrogen) atoms. The largest absolute Gasteiger partial charge is 0.443 e. The maximum absolute atomic E-state index is 13.6. The van der Waals surface area contributed by atoms with E-state index in [-0.39, 0.29) is 47.6 Å². The predicted molar refractivity (Wildman–Crippen MR) is 146 cm³/mol. The third kappa shape index (κ3) is 5.71. The number of nitrogens with one attached hydrogen (secondary N) is 1. The number of rotatable bonds is 7. The maximum atomic E-state index is 13.6. The summed E-state index contributed by atoms with van der Waals surface area (Å²) in [7, 11) is -4.21. The molecule has 0 saturated carbocycles. The zero-order valence-electron chi connectivity index (χ0n) is 22.6. The highest BCUT2D eigenvalue weighted by Crippen LogP contribution is 2.32. The number of fused-ring (bicyclic) bond motifs is 1. The van der Waals surface area contributed by atoms with Gasteiger partial charge in [-0.3, -0.25) is 9.59 Å². The summed E-state index contributed by atoms with van der Waals surface area (Å²) in [6.45, 7) is 3.57. The predicted octanol–water partition coefficient (Wildman–Crippen LogP) is 5.47. The molecule has 8 nitrogen and oxygen atoms in total. The van der Waals surface area contributed by atoms with Crippen molar-refractivity contribution in [3.63, 3.8) is 0 Å². The third-order valence-corrected chi connectivity index (χ3v) is 8.94. The van der Waals surface area contributed by atoms with Crippen LogP contribution in [0.15, 0.2) is 75.1 Å². The molecule has 0 unspecified atom stereocenters. The van der Waals surface area contributed by atoms with E-state index in [1.54, 1.807) is 20.0 Å². The van der Waals surface area contributed by atoms with Crippen LogP contribution >= 0.6 is 0 Å². The molecule has 1 atom stereocenters. The molecule has 1 saturated heterocycles. The first-order chi connectivity index (χ1) is 19.8. The van der Waals surface area contributed by atoms with Gasteiger partial charge in [-0.1, -0.05) is 12.1 Å². The molecule has 1 aliphatic heterocycles. The molecule has 0 spiro atoms. The van der Waals surface area contributed by atoms with Crippen LogP contribution in [0.5, 0.6) is 0 Å². The SMILES string of the molecule is CC(C)n1cc(CNC(=O)[C@@H]2CCCN2S(=O)(=O)c2cc3cc(F)ccc3o2)cc(-c2ccc(C(F)(F)F)cc2)c1=O. The maximum Gasteiger partial charge on any atom is 0.416 e. The molecule has 2 aromatic heterocycles. The normalized spacial score (nSPS) is 16.4. The van der Waals surface area contributed by atoms with Crippen molar-refractivity contribution in [1.82, 2.24) is 14.2 Å². The minimum Gasteiger partial charge on any atom is -0.443 e. The number of aromatic nitrogens is 1. The van der Waals surface area contributed by atoms with Crippen molar-refractivity contribution in [2.75, 3.05) is 6.54 Å². The van der Waals surface area contributed by atoms with E-state index in [1.165, 1.54) is 34.9 Å². The van der Waals surface area contributed by atoms with E-state index in [4.69, 9.17) is 4.42 Å². The lowest BCUT2D eigenvalue weighted by Gasteiger charge is -2.22. The first-order valence-corrected chi connectivity index (χ1v) is 14.6. The summed E-state index contributed by atoms with van der Waals surface area (Å²) in [4.78, 5) is 26.3. The fourth-order valence-corrected chi connectivity index (χ4v) is 6.62. The third-order valence-electron chi connectivity index (χ3n) is 7.17. The van der Waals surface area contributed by atoms with Crippen LogP contribution in [-0.4, -0.2) is 35.8 Å². The number of sulfonamides is 1. The van der Waals surface area contributed by atoms with Crippen LogP contribution < -0.4 is 10.9 Å². The van der Waals surface area contributed by atoms with Gasteiger partial charge in [0.25, 0.3) is 15.6 Å². The molecule has 1 aliphatic rings. The molecule has 2 aromatic carbocycles. The summed E-state index contributed by atoms with van der Waals surface area (Å²) in [5.41, 5.74) is -0.106. The number of halogens is 4. The first kappa shape index (κ1) is 29.5. The minimum atomic E-state index is -4.52. The molecule has 0 radical (unpaired) electrons. The number of pyridine rings is 1. The molecule has 0 aliphatic carbocycles. The van der Waals surface area contributed by atoms with Crippen molar-refractivity contribution in [2.45, 2.75) is 56.6 Å². The fourth-order valence-electron chi connectivity index (χ4n) is 5.02. The van der Waals surface area contributed by atoms with Gasteiger partial charge in [-0.15, -0.1) is 0 Å². The highest BCUT2D eigenvalue weighted by Gasteiger charge is 2.41. The molecule has 5 rings (SSSR count). The Morgan fingerprint density at radius 1 is 1.10 bits per heavy atom. The van der Waals surface area contributed by atoms with Crippen LogP contribution in [0.3, 0.4) is 0 Å². The van der Waals surface area contributed by atoms with Gasteiger partial charge in [0.05, 0.1) is 5.56 Å². The number of furan rings is 1. The van der Waals surface area contributed by atoms with Gasteiger partial charge in [0.2, 0.25) is 11.0 Å². The topological polar surface area (TPSA) is 102 Å². The Kier molecular flexibility index (Phi) is 7.75. The second kappa shape index (κ2) is 11.0. The zero-order chi connectivity index (χ0) is 30.4. The summed E-state index contributed by atoms with van der Waals surface area (Å²) in [5, 5.41) is 2.61. The second-order valence-electron chi connectivity index (χ2n) is 10.4. The van der Waals surface area contributed by atoms with Crippen molar-refractivity contribution >= 4 is 26.9 Å². The van der Waals surface area contributed by atoms with E-state index in [0.717, 1.165) is 28.6 Å². The molecule has 13 heteroatoms. The molecular formula is C29H27F4N3O5S. The quantitative estimate of drug-likeness (QED) is 0.282. The Balaban J connectivity index is 1.37. The van der Waals surface area contributed by atoms with E-state index >= 15 is 0 Å². The summed E-state index contributed by atoms with van der Waals surface area (Å²) < 4.78 is 87.4. The van der Waals surface area contributed by atoms with Crippen molar-refractivity contribution < 1.29 is 35.2 Å². The standard InChI is InChI=1S/C29H27F4N3O5S/c1-17(2)35-16-18(12-23(28(35)38)19-5-7-21(8-6-19)29(31,32)33)15-34-27(37)24-4-3-11-36(24)42(39,40)26-14-20-13-22(30)9-10-25(20)41-26/h5-10,12-14,16-17,24H,3-4,11,15H2,1-2H3,(H,34,37)/t24-/m0/s1. The van der Waals surface area contributed by atoms with Gasteiger partial charge >= 0.3 is 6.18 Å². The lowest BCUT2D eigenvalue weighted by molar-refractivity contribution is -0.137. The average Bonchev–Trinajstić information content (AvgIpc) is 3.60. The molecule has 222 valence electrons. The highest BCUT2D eigenvalue weighted by molar-refractivity contribution is 7.89. The highest BCUT2D eigenvalue weighted by atomic mass is 32.2. The minimum absolute atomic E-state index is 0.0617.